The predicted octanol–water partition coefficient (Wildman–Crippen LogP) is 3.87. The average molecular weight is 276 g/mol. The molecule has 0 aliphatic heterocycles. The summed E-state index contributed by atoms with van der Waals surface area (Å²) in [6.07, 6.45) is 3.76. The third-order valence-corrected chi connectivity index (χ3v) is 4.62. The monoisotopic (exact) mass is 276 g/mol. The Morgan fingerprint density at radius 1 is 1.26 bits per heavy atom. The number of aryl methyl sites for hydroxylation is 1. The van der Waals surface area contributed by atoms with E-state index in [2.05, 4.69) is 38.2 Å². The first kappa shape index (κ1) is 14.3. The molecule has 0 spiro atoms. The number of nitrogens with one attached hydrogen (secondary N) is 1. The van der Waals surface area contributed by atoms with Crippen molar-refractivity contribution in [3.63, 3.8) is 0 Å². The molecule has 2 nitrogen and oxygen atoms in total. The predicted molar refractivity (Wildman–Crippen MR) is 86.7 cm³/mol. The molecule has 1 aromatic rings. The lowest BCUT2D eigenvalue weighted by atomic mass is 9.79. The van der Waals surface area contributed by atoms with Crippen molar-refractivity contribution in [2.24, 2.45) is 17.6 Å². The smallest absolute Gasteiger partial charge is 0.106 e. The highest BCUT2D eigenvalue weighted by Crippen LogP contribution is 2.31. The summed E-state index contributed by atoms with van der Waals surface area (Å²) in [5, 5.41) is 3.66. The third kappa shape index (κ3) is 3.47. The second-order valence-electron chi connectivity index (χ2n) is 6.02. The van der Waals surface area contributed by atoms with Gasteiger partial charge in [-0.2, -0.15) is 0 Å². The Morgan fingerprint density at radius 3 is 2.63 bits per heavy atom. The van der Waals surface area contributed by atoms with Gasteiger partial charge in [0.2, 0.25) is 0 Å². The highest BCUT2D eigenvalue weighted by Gasteiger charge is 2.24. The maximum absolute atomic E-state index is 5.81. The molecule has 0 saturated heterocycles. The minimum absolute atomic E-state index is 0.472. The molecule has 1 saturated carbocycles. The van der Waals surface area contributed by atoms with Crippen LogP contribution in [0.25, 0.3) is 0 Å². The quantitative estimate of drug-likeness (QED) is 0.823. The highest BCUT2D eigenvalue weighted by molar-refractivity contribution is 7.80. The van der Waals surface area contributed by atoms with Crippen LogP contribution in [-0.4, -0.2) is 11.0 Å². The van der Waals surface area contributed by atoms with Gasteiger partial charge in [-0.05, 0) is 55.7 Å². The SMILES string of the molecule is Cc1ccc(C(N)=S)c(NC2CCC(C)C(C)C2)c1. The summed E-state index contributed by atoms with van der Waals surface area (Å²) in [6, 6.07) is 6.78. The number of thiocarbonyl (C=S) groups is 1. The molecule has 19 heavy (non-hydrogen) atoms. The van der Waals surface area contributed by atoms with Gasteiger partial charge in [0.15, 0.2) is 0 Å². The molecular weight excluding hydrogens is 252 g/mol. The van der Waals surface area contributed by atoms with Gasteiger partial charge in [0.1, 0.15) is 4.99 Å². The van der Waals surface area contributed by atoms with Gasteiger partial charge in [-0.1, -0.05) is 32.1 Å². The van der Waals surface area contributed by atoms with Crippen molar-refractivity contribution in [3.8, 4) is 0 Å². The van der Waals surface area contributed by atoms with Gasteiger partial charge >= 0.3 is 0 Å². The minimum Gasteiger partial charge on any atom is -0.389 e. The number of anilines is 1. The topological polar surface area (TPSA) is 38.0 Å². The van der Waals surface area contributed by atoms with E-state index in [4.69, 9.17) is 18.0 Å². The normalized spacial score (nSPS) is 27.0. The molecule has 1 aliphatic rings. The van der Waals surface area contributed by atoms with Crippen molar-refractivity contribution in [2.45, 2.75) is 46.1 Å². The fourth-order valence-corrected chi connectivity index (χ4v) is 3.07. The van der Waals surface area contributed by atoms with Crippen molar-refractivity contribution >= 4 is 22.9 Å². The summed E-state index contributed by atoms with van der Waals surface area (Å²) >= 11 is 5.14. The average Bonchev–Trinajstić information content (AvgIpc) is 2.33. The van der Waals surface area contributed by atoms with E-state index in [1.807, 2.05) is 6.07 Å². The maximum atomic E-state index is 5.81. The maximum Gasteiger partial charge on any atom is 0.106 e. The van der Waals surface area contributed by atoms with E-state index < -0.39 is 0 Å². The number of benzene rings is 1. The van der Waals surface area contributed by atoms with Gasteiger partial charge < -0.3 is 11.1 Å². The Balaban J connectivity index is 2.14. The van der Waals surface area contributed by atoms with Crippen LogP contribution < -0.4 is 11.1 Å². The van der Waals surface area contributed by atoms with Gasteiger partial charge in [0.05, 0.1) is 0 Å². The van der Waals surface area contributed by atoms with Crippen molar-refractivity contribution in [1.29, 1.82) is 0 Å². The molecule has 3 heteroatoms. The zero-order valence-electron chi connectivity index (χ0n) is 12.1. The van der Waals surface area contributed by atoms with Crippen LogP contribution in [0, 0.1) is 18.8 Å². The van der Waals surface area contributed by atoms with Crippen LogP contribution in [0.1, 0.15) is 44.2 Å². The molecule has 3 atom stereocenters. The van der Waals surface area contributed by atoms with E-state index in [0.717, 1.165) is 23.1 Å². The van der Waals surface area contributed by atoms with Crippen molar-refractivity contribution in [1.82, 2.24) is 0 Å². The molecular formula is C16H24N2S. The lowest BCUT2D eigenvalue weighted by Gasteiger charge is -2.33. The van der Waals surface area contributed by atoms with Crippen LogP contribution in [0.15, 0.2) is 18.2 Å². The molecule has 1 aromatic carbocycles. The summed E-state index contributed by atoms with van der Waals surface area (Å²) in [5.41, 5.74) is 9.11. The lowest BCUT2D eigenvalue weighted by molar-refractivity contribution is 0.261. The molecule has 0 radical (unpaired) electrons. The molecule has 3 unspecified atom stereocenters. The van der Waals surface area contributed by atoms with Crippen LogP contribution in [0.5, 0.6) is 0 Å². The van der Waals surface area contributed by atoms with Crippen LogP contribution in [0.4, 0.5) is 5.69 Å². The lowest BCUT2D eigenvalue weighted by Crippen LogP contribution is -2.31. The number of hydrogen-bond acceptors (Lipinski definition) is 2. The van der Waals surface area contributed by atoms with Crippen LogP contribution in [0.3, 0.4) is 0 Å². The van der Waals surface area contributed by atoms with E-state index in [-0.39, 0.29) is 0 Å². The van der Waals surface area contributed by atoms with E-state index in [9.17, 15) is 0 Å². The van der Waals surface area contributed by atoms with Gasteiger partial charge in [-0.3, -0.25) is 0 Å². The van der Waals surface area contributed by atoms with E-state index in [0.29, 0.717) is 11.0 Å². The summed E-state index contributed by atoms with van der Waals surface area (Å²) in [5.74, 6) is 1.62. The first-order valence-electron chi connectivity index (χ1n) is 7.14. The standard InChI is InChI=1S/C16H24N2S/c1-10-4-7-14(16(17)19)15(8-10)18-13-6-5-11(2)12(3)9-13/h4,7-8,11-13,18H,5-6,9H2,1-3H3,(H2,17,19). The number of rotatable bonds is 3. The van der Waals surface area contributed by atoms with Crippen molar-refractivity contribution < 1.29 is 0 Å². The van der Waals surface area contributed by atoms with Crippen molar-refractivity contribution in [3.05, 3.63) is 29.3 Å². The zero-order chi connectivity index (χ0) is 14.0. The van der Waals surface area contributed by atoms with Gasteiger partial charge in [-0.25, -0.2) is 0 Å². The number of hydrogen-bond donors (Lipinski definition) is 2. The minimum atomic E-state index is 0.472. The Morgan fingerprint density at radius 2 is 2.00 bits per heavy atom. The third-order valence-electron chi connectivity index (χ3n) is 4.40. The van der Waals surface area contributed by atoms with Gasteiger partial charge in [0, 0.05) is 17.3 Å². The molecule has 3 N–H and O–H groups in total. The second kappa shape index (κ2) is 5.91. The second-order valence-corrected chi connectivity index (χ2v) is 6.46. The van der Waals surface area contributed by atoms with E-state index in [1.54, 1.807) is 0 Å². The van der Waals surface area contributed by atoms with Crippen LogP contribution in [0.2, 0.25) is 0 Å². The molecule has 0 heterocycles. The molecule has 1 fully saturated rings. The molecule has 0 amide bonds. The largest absolute Gasteiger partial charge is 0.389 e. The fraction of sp³-hybridized carbons (Fsp3) is 0.562. The van der Waals surface area contributed by atoms with Crippen LogP contribution in [-0.2, 0) is 0 Å². The van der Waals surface area contributed by atoms with E-state index in [1.165, 1.54) is 24.8 Å². The Bertz CT molecular complexity index is 470. The Kier molecular flexibility index (Phi) is 4.46. The zero-order valence-corrected chi connectivity index (χ0v) is 12.9. The fourth-order valence-electron chi connectivity index (χ4n) is 2.89. The van der Waals surface area contributed by atoms with E-state index >= 15 is 0 Å². The molecule has 0 aromatic heterocycles. The Hall–Kier alpha value is -1.09. The molecule has 104 valence electrons. The summed E-state index contributed by atoms with van der Waals surface area (Å²) in [6.45, 7) is 6.80. The number of nitrogens with two attached hydrogens (primary N) is 1. The highest BCUT2D eigenvalue weighted by atomic mass is 32.1. The van der Waals surface area contributed by atoms with Crippen LogP contribution >= 0.6 is 12.2 Å². The molecule has 0 bridgehead atoms. The molecule has 1 aliphatic carbocycles. The first-order chi connectivity index (χ1) is 8.97. The molecule has 2 rings (SSSR count). The Labute approximate surface area is 121 Å². The van der Waals surface area contributed by atoms with Gasteiger partial charge in [-0.15, -0.1) is 0 Å². The first-order valence-corrected chi connectivity index (χ1v) is 7.55. The summed E-state index contributed by atoms with van der Waals surface area (Å²) in [4.78, 5) is 0.472. The van der Waals surface area contributed by atoms with Crippen molar-refractivity contribution in [2.75, 3.05) is 5.32 Å². The summed E-state index contributed by atoms with van der Waals surface area (Å²) < 4.78 is 0. The van der Waals surface area contributed by atoms with Gasteiger partial charge in [0.25, 0.3) is 0 Å². The summed E-state index contributed by atoms with van der Waals surface area (Å²) in [7, 11) is 0.